The van der Waals surface area contributed by atoms with Gasteiger partial charge in [-0.3, -0.25) is 0 Å². The number of rotatable bonds is 2. The van der Waals surface area contributed by atoms with E-state index in [4.69, 9.17) is 0 Å². The summed E-state index contributed by atoms with van der Waals surface area (Å²) in [7, 11) is -3.77. The molecular weight excluding hydrogens is 310 g/mol. The van der Waals surface area contributed by atoms with Gasteiger partial charge in [0.05, 0.1) is 5.69 Å². The third-order valence-electron chi connectivity index (χ3n) is 3.68. The van der Waals surface area contributed by atoms with Gasteiger partial charge in [-0.2, -0.15) is 8.78 Å². The van der Waals surface area contributed by atoms with Gasteiger partial charge in [-0.1, -0.05) is 29.8 Å². The van der Waals surface area contributed by atoms with Crippen LogP contribution in [0.3, 0.4) is 0 Å². The highest BCUT2D eigenvalue weighted by atomic mass is 32.2. The number of aryl methyl sites for hydroxylation is 1. The van der Waals surface area contributed by atoms with Crippen molar-refractivity contribution in [1.29, 1.82) is 0 Å². The molecule has 7 heteroatoms. The van der Waals surface area contributed by atoms with Crippen LogP contribution in [0.25, 0.3) is 11.3 Å². The van der Waals surface area contributed by atoms with Crippen molar-refractivity contribution in [3.05, 3.63) is 41.1 Å². The lowest BCUT2D eigenvalue weighted by Gasteiger charge is -2.12. The number of aromatic nitrogens is 2. The van der Waals surface area contributed by atoms with Gasteiger partial charge in [0, 0.05) is 23.8 Å². The van der Waals surface area contributed by atoms with Crippen LogP contribution in [-0.2, 0) is 22.2 Å². The number of nitrogens with zero attached hydrogens (tertiary/aromatic N) is 2. The summed E-state index contributed by atoms with van der Waals surface area (Å²) >= 11 is 0. The maximum atomic E-state index is 14.0. The molecule has 0 unspecified atom stereocenters. The fraction of sp³-hybridized carbons (Fsp3) is 0.333. The third-order valence-corrected chi connectivity index (χ3v) is 4.52. The fourth-order valence-electron chi connectivity index (χ4n) is 2.52. The predicted octanol–water partition coefficient (Wildman–Crippen LogP) is 2.89. The minimum atomic E-state index is -3.77. The molecule has 0 radical (unpaired) electrons. The number of halogens is 2. The summed E-state index contributed by atoms with van der Waals surface area (Å²) in [6.45, 7) is 1.91. The van der Waals surface area contributed by atoms with Crippen LogP contribution in [-0.4, -0.2) is 24.6 Å². The second-order valence-electron chi connectivity index (χ2n) is 5.52. The van der Waals surface area contributed by atoms with E-state index in [1.165, 1.54) is 0 Å². The minimum Gasteiger partial charge on any atom is -0.221 e. The summed E-state index contributed by atoms with van der Waals surface area (Å²) in [4.78, 5) is 7.68. The van der Waals surface area contributed by atoms with Gasteiger partial charge in [-0.15, -0.1) is 0 Å². The Hall–Kier alpha value is -1.89. The molecule has 2 aromatic rings. The van der Waals surface area contributed by atoms with E-state index in [-0.39, 0.29) is 18.5 Å². The molecule has 1 aromatic heterocycles. The lowest BCUT2D eigenvalue weighted by Crippen LogP contribution is -2.15. The van der Waals surface area contributed by atoms with Gasteiger partial charge in [0.25, 0.3) is 5.92 Å². The molecule has 22 heavy (non-hydrogen) atoms. The Bertz CT molecular complexity index is 847. The lowest BCUT2D eigenvalue weighted by atomic mass is 10.0. The van der Waals surface area contributed by atoms with Gasteiger partial charge in [-0.05, 0) is 13.3 Å². The number of alkyl halides is 2. The van der Waals surface area contributed by atoms with Crippen molar-refractivity contribution in [2.45, 2.75) is 30.8 Å². The molecule has 1 aliphatic carbocycles. The maximum Gasteiger partial charge on any atom is 0.290 e. The number of hydrogen-bond acceptors (Lipinski definition) is 4. The normalized spacial score (nSPS) is 16.5. The van der Waals surface area contributed by atoms with Crippen molar-refractivity contribution in [1.82, 2.24) is 9.97 Å². The molecule has 0 bridgehead atoms. The van der Waals surface area contributed by atoms with Crippen LogP contribution >= 0.6 is 0 Å². The average molecular weight is 324 g/mol. The molecule has 116 valence electrons. The maximum absolute atomic E-state index is 14.0. The molecule has 1 aromatic carbocycles. The summed E-state index contributed by atoms with van der Waals surface area (Å²) in [5.74, 6) is -3.11. The van der Waals surface area contributed by atoms with Crippen LogP contribution in [0.4, 0.5) is 8.78 Å². The van der Waals surface area contributed by atoms with E-state index in [2.05, 4.69) is 9.97 Å². The van der Waals surface area contributed by atoms with Gasteiger partial charge >= 0.3 is 0 Å². The van der Waals surface area contributed by atoms with E-state index < -0.39 is 26.6 Å². The Morgan fingerprint density at radius 3 is 2.36 bits per heavy atom. The number of fused-ring (bicyclic) bond motifs is 1. The summed E-state index contributed by atoms with van der Waals surface area (Å²) in [5.41, 5.74) is 1.79. The van der Waals surface area contributed by atoms with Crippen LogP contribution in [0.5, 0.6) is 0 Å². The van der Waals surface area contributed by atoms with Crippen LogP contribution in [0.1, 0.15) is 23.2 Å². The van der Waals surface area contributed by atoms with Crippen LogP contribution in [0.15, 0.2) is 29.4 Å². The van der Waals surface area contributed by atoms with E-state index in [0.717, 1.165) is 11.8 Å². The van der Waals surface area contributed by atoms with Gasteiger partial charge in [0.15, 0.2) is 0 Å². The highest BCUT2D eigenvalue weighted by Gasteiger charge is 2.43. The first-order valence-electron chi connectivity index (χ1n) is 6.75. The van der Waals surface area contributed by atoms with E-state index in [1.54, 1.807) is 12.1 Å². The highest BCUT2D eigenvalue weighted by Crippen LogP contribution is 2.43. The first-order valence-corrected chi connectivity index (χ1v) is 8.64. The Morgan fingerprint density at radius 1 is 1.14 bits per heavy atom. The zero-order chi connectivity index (χ0) is 16.1. The molecule has 0 atom stereocenters. The molecule has 1 heterocycles. The zero-order valence-electron chi connectivity index (χ0n) is 12.1. The third kappa shape index (κ3) is 2.49. The standard InChI is InChI=1S/C15H14F2N2O2S/c1-9-3-5-10(6-4-9)12-11-7-8-15(16,17)13(11)19-14(18-12)22(2,20)21/h3-6H,7-8H2,1-2H3. The van der Waals surface area contributed by atoms with E-state index in [9.17, 15) is 17.2 Å². The molecule has 0 spiro atoms. The van der Waals surface area contributed by atoms with E-state index in [0.29, 0.717) is 11.1 Å². The number of hydrogen-bond donors (Lipinski definition) is 0. The Labute approximate surface area is 127 Å². The Morgan fingerprint density at radius 2 is 1.77 bits per heavy atom. The molecule has 0 aliphatic heterocycles. The number of sulfone groups is 1. The summed E-state index contributed by atoms with van der Waals surface area (Å²) in [6, 6.07) is 7.16. The second kappa shape index (κ2) is 4.81. The van der Waals surface area contributed by atoms with Crippen molar-refractivity contribution >= 4 is 9.84 Å². The van der Waals surface area contributed by atoms with Crippen molar-refractivity contribution in [3.8, 4) is 11.3 Å². The summed E-state index contributed by atoms with van der Waals surface area (Å²) < 4.78 is 51.4. The van der Waals surface area contributed by atoms with Crippen molar-refractivity contribution in [2.24, 2.45) is 0 Å². The second-order valence-corrected chi connectivity index (χ2v) is 7.43. The molecule has 4 nitrogen and oxygen atoms in total. The Balaban J connectivity index is 2.30. The minimum absolute atomic E-state index is 0.135. The first-order chi connectivity index (χ1) is 10.2. The molecular formula is C15H14F2N2O2S. The molecule has 0 amide bonds. The van der Waals surface area contributed by atoms with Crippen LogP contribution < -0.4 is 0 Å². The van der Waals surface area contributed by atoms with Gasteiger partial charge in [0.2, 0.25) is 15.0 Å². The first kappa shape index (κ1) is 15.0. The average Bonchev–Trinajstić information content (AvgIpc) is 2.74. The summed E-state index contributed by atoms with van der Waals surface area (Å²) in [6.07, 6.45) is 0.680. The van der Waals surface area contributed by atoms with E-state index >= 15 is 0 Å². The van der Waals surface area contributed by atoms with Crippen molar-refractivity contribution < 1.29 is 17.2 Å². The van der Waals surface area contributed by atoms with Crippen molar-refractivity contribution in [3.63, 3.8) is 0 Å². The summed E-state index contributed by atoms with van der Waals surface area (Å²) in [5, 5.41) is -0.552. The predicted molar refractivity (Wildman–Crippen MR) is 77.5 cm³/mol. The molecule has 3 rings (SSSR count). The lowest BCUT2D eigenvalue weighted by molar-refractivity contribution is -0.00652. The van der Waals surface area contributed by atoms with Crippen LogP contribution in [0, 0.1) is 6.92 Å². The quantitative estimate of drug-likeness (QED) is 0.797. The molecule has 0 N–H and O–H groups in total. The SMILES string of the molecule is Cc1ccc(-c2nc(S(C)(=O)=O)nc3c2CCC3(F)F)cc1. The Kier molecular flexibility index (Phi) is 3.28. The van der Waals surface area contributed by atoms with Gasteiger partial charge in [-0.25, -0.2) is 18.4 Å². The zero-order valence-corrected chi connectivity index (χ0v) is 12.9. The molecule has 0 fully saturated rings. The fourth-order valence-corrected chi connectivity index (χ4v) is 3.03. The molecule has 0 saturated heterocycles. The van der Waals surface area contributed by atoms with Crippen LogP contribution in [0.2, 0.25) is 0 Å². The number of benzene rings is 1. The van der Waals surface area contributed by atoms with E-state index in [1.807, 2.05) is 19.1 Å². The smallest absolute Gasteiger partial charge is 0.221 e. The van der Waals surface area contributed by atoms with Gasteiger partial charge < -0.3 is 0 Å². The highest BCUT2D eigenvalue weighted by molar-refractivity contribution is 7.90. The molecule has 0 saturated carbocycles. The monoisotopic (exact) mass is 324 g/mol. The van der Waals surface area contributed by atoms with Crippen molar-refractivity contribution in [2.75, 3.05) is 6.26 Å². The largest absolute Gasteiger partial charge is 0.290 e. The van der Waals surface area contributed by atoms with Gasteiger partial charge in [0.1, 0.15) is 5.69 Å². The topological polar surface area (TPSA) is 59.9 Å². The molecule has 1 aliphatic rings.